The fourth-order valence-corrected chi connectivity index (χ4v) is 4.47. The number of anilines is 1. The number of piperidine rings is 1. The molecule has 0 saturated carbocycles. The summed E-state index contributed by atoms with van der Waals surface area (Å²) in [4.78, 5) is 23.7. The maximum Gasteiger partial charge on any atom is 0.494 e. The lowest BCUT2D eigenvalue weighted by Gasteiger charge is -2.34. The van der Waals surface area contributed by atoms with Crippen molar-refractivity contribution in [1.29, 1.82) is 0 Å². The first-order valence-corrected chi connectivity index (χ1v) is 14.6. The van der Waals surface area contributed by atoms with Gasteiger partial charge in [-0.05, 0) is 92.6 Å². The van der Waals surface area contributed by atoms with Crippen molar-refractivity contribution in [1.82, 2.24) is 14.9 Å². The van der Waals surface area contributed by atoms with E-state index in [2.05, 4.69) is 70.2 Å². The summed E-state index contributed by atoms with van der Waals surface area (Å²) in [5.74, 6) is 0.576. The van der Waals surface area contributed by atoms with E-state index >= 15 is 0 Å². The number of carbonyl (C=O) groups excluding carboxylic acids is 1. The van der Waals surface area contributed by atoms with Crippen LogP contribution in [0.3, 0.4) is 0 Å². The van der Waals surface area contributed by atoms with Crippen LogP contribution in [0.25, 0.3) is 10.9 Å². The van der Waals surface area contributed by atoms with Gasteiger partial charge < -0.3 is 24.3 Å². The minimum atomic E-state index is -0.506. The minimum absolute atomic E-state index is 0.0721. The number of rotatable bonds is 4. The molecule has 1 N–H and O–H groups in total. The monoisotopic (exact) mass is 566 g/mol. The van der Waals surface area contributed by atoms with Gasteiger partial charge in [0, 0.05) is 30.7 Å². The number of ether oxygens (including phenoxy) is 1. The summed E-state index contributed by atoms with van der Waals surface area (Å²) in [6.07, 6.45) is 7.76. The van der Waals surface area contributed by atoms with Gasteiger partial charge in [0.25, 0.3) is 0 Å². The van der Waals surface area contributed by atoms with E-state index < -0.39 is 23.9 Å². The molecule has 3 heterocycles. The van der Waals surface area contributed by atoms with Gasteiger partial charge in [-0.15, -0.1) is 13.2 Å². The largest absolute Gasteiger partial charge is 0.494 e. The second-order valence-corrected chi connectivity index (χ2v) is 12.5. The number of aryl methyl sites for hydroxylation is 1. The van der Waals surface area contributed by atoms with Crippen LogP contribution in [-0.4, -0.2) is 64.0 Å². The number of hydrogen-bond acceptors (Lipinski definition) is 7. The molecule has 0 aliphatic carbocycles. The molecular formula is C32H51BN4O4. The van der Waals surface area contributed by atoms with Gasteiger partial charge in [0.1, 0.15) is 5.60 Å². The standard InChI is InChI=1S/C26H39BN4O4.2C3H6/c1-9-17-13-19(27-34-25(5,6)26(7,8)35-27)14-18-15-28-22(30-21(17)18)29-20-11-10-12-31(16-20)23(32)33-24(2,3)4;2*1-3-2/h13-15,20H,9-12,16H2,1-8H3,(H,28,29,30);2*3H,1H2,2H3. The van der Waals surface area contributed by atoms with Crippen molar-refractivity contribution in [3.05, 3.63) is 49.2 Å². The normalized spacial score (nSPS) is 19.3. The number of fused-ring (bicyclic) bond motifs is 1. The number of allylic oxidation sites excluding steroid dienone is 2. The van der Waals surface area contributed by atoms with Crippen molar-refractivity contribution >= 4 is 35.5 Å². The quantitative estimate of drug-likeness (QED) is 0.326. The molecule has 2 aliphatic rings. The van der Waals surface area contributed by atoms with Crippen LogP contribution < -0.4 is 10.8 Å². The topological polar surface area (TPSA) is 85.8 Å². The van der Waals surface area contributed by atoms with Crippen LogP contribution >= 0.6 is 0 Å². The molecule has 2 fully saturated rings. The van der Waals surface area contributed by atoms with Crippen LogP contribution in [0, 0.1) is 0 Å². The Balaban J connectivity index is 0.000000901. The van der Waals surface area contributed by atoms with Gasteiger partial charge in [0.05, 0.1) is 16.7 Å². The number of likely N-dealkylation sites (tertiary alicyclic amines) is 1. The third-order valence-corrected chi connectivity index (χ3v) is 7.10. The van der Waals surface area contributed by atoms with Gasteiger partial charge in [-0.25, -0.2) is 14.8 Å². The number of carbonyl (C=O) groups is 1. The van der Waals surface area contributed by atoms with Crippen molar-refractivity contribution in [3.8, 4) is 0 Å². The SMILES string of the molecule is C=CC.C=CC.CCc1cc(B2OC(C)(C)C(C)(C)O2)cc2cnc(NC3CCCN(C(=O)OC(C)(C)C)C3)nc12. The molecule has 1 aromatic carbocycles. The van der Waals surface area contributed by atoms with Crippen molar-refractivity contribution in [2.45, 2.75) is 111 Å². The molecule has 2 aromatic rings. The third-order valence-electron chi connectivity index (χ3n) is 7.10. The lowest BCUT2D eigenvalue weighted by Crippen LogP contribution is -2.47. The van der Waals surface area contributed by atoms with E-state index in [9.17, 15) is 4.79 Å². The molecular weight excluding hydrogens is 515 g/mol. The van der Waals surface area contributed by atoms with Crippen molar-refractivity contribution < 1.29 is 18.8 Å². The molecule has 1 amide bonds. The van der Waals surface area contributed by atoms with E-state index in [1.54, 1.807) is 17.1 Å². The molecule has 4 rings (SSSR count). The number of aromatic nitrogens is 2. The number of hydrogen-bond donors (Lipinski definition) is 1. The molecule has 0 bridgehead atoms. The summed E-state index contributed by atoms with van der Waals surface area (Å²) < 4.78 is 18.1. The summed E-state index contributed by atoms with van der Waals surface area (Å²) in [5.41, 5.74) is 1.74. The van der Waals surface area contributed by atoms with Crippen molar-refractivity contribution in [2.75, 3.05) is 18.4 Å². The maximum absolute atomic E-state index is 12.5. The van der Waals surface area contributed by atoms with E-state index in [4.69, 9.17) is 19.0 Å². The first-order chi connectivity index (χ1) is 19.1. The highest BCUT2D eigenvalue weighted by Gasteiger charge is 2.51. The van der Waals surface area contributed by atoms with Gasteiger partial charge in [0.15, 0.2) is 0 Å². The zero-order chi connectivity index (χ0) is 31.0. The second-order valence-electron chi connectivity index (χ2n) is 12.5. The Labute approximate surface area is 248 Å². The van der Waals surface area contributed by atoms with Gasteiger partial charge in [0.2, 0.25) is 5.95 Å². The number of nitrogens with one attached hydrogen (secondary N) is 1. The minimum Gasteiger partial charge on any atom is -0.444 e. The summed E-state index contributed by atoms with van der Waals surface area (Å²) in [6.45, 7) is 27.8. The smallest absolute Gasteiger partial charge is 0.444 e. The predicted molar refractivity (Wildman–Crippen MR) is 171 cm³/mol. The van der Waals surface area contributed by atoms with Crippen LogP contribution in [0.4, 0.5) is 10.7 Å². The van der Waals surface area contributed by atoms with Gasteiger partial charge in [-0.2, -0.15) is 0 Å². The summed E-state index contributed by atoms with van der Waals surface area (Å²) >= 11 is 0. The first kappa shape index (κ1) is 34.3. The second kappa shape index (κ2) is 14.3. The molecule has 41 heavy (non-hydrogen) atoms. The van der Waals surface area contributed by atoms with Gasteiger partial charge in [-0.3, -0.25) is 0 Å². The van der Waals surface area contributed by atoms with Crippen molar-refractivity contribution in [3.63, 3.8) is 0 Å². The first-order valence-electron chi connectivity index (χ1n) is 14.6. The number of benzene rings is 1. The van der Waals surface area contributed by atoms with Gasteiger partial charge >= 0.3 is 13.2 Å². The maximum atomic E-state index is 12.5. The Bertz CT molecular complexity index is 1170. The van der Waals surface area contributed by atoms with E-state index in [1.807, 2.05) is 40.8 Å². The lowest BCUT2D eigenvalue weighted by molar-refractivity contribution is 0.00578. The molecule has 1 unspecified atom stereocenters. The predicted octanol–water partition coefficient (Wildman–Crippen LogP) is 6.69. The molecule has 1 atom stereocenters. The molecule has 226 valence electrons. The Morgan fingerprint density at radius 2 is 1.76 bits per heavy atom. The Morgan fingerprint density at radius 1 is 1.17 bits per heavy atom. The molecule has 8 nitrogen and oxygen atoms in total. The summed E-state index contributed by atoms with van der Waals surface area (Å²) in [7, 11) is -0.423. The molecule has 2 aliphatic heterocycles. The van der Waals surface area contributed by atoms with Gasteiger partial charge in [-0.1, -0.05) is 31.2 Å². The number of nitrogens with zero attached hydrogens (tertiary/aromatic N) is 3. The van der Waals surface area contributed by atoms with E-state index in [0.717, 1.165) is 41.2 Å². The molecule has 2 saturated heterocycles. The molecule has 0 radical (unpaired) electrons. The average molecular weight is 567 g/mol. The zero-order valence-corrected chi connectivity index (χ0v) is 27.0. The Hall–Kier alpha value is -2.91. The highest BCUT2D eigenvalue weighted by Crippen LogP contribution is 2.36. The van der Waals surface area contributed by atoms with E-state index in [-0.39, 0.29) is 12.1 Å². The van der Waals surface area contributed by atoms with Crippen LogP contribution in [-0.2, 0) is 20.5 Å². The fourth-order valence-electron chi connectivity index (χ4n) is 4.47. The van der Waals surface area contributed by atoms with Crippen LogP contribution in [0.2, 0.25) is 0 Å². The van der Waals surface area contributed by atoms with Crippen LogP contribution in [0.1, 0.15) is 87.6 Å². The van der Waals surface area contributed by atoms with Crippen LogP contribution in [0.15, 0.2) is 43.6 Å². The molecule has 0 spiro atoms. The third kappa shape index (κ3) is 9.30. The van der Waals surface area contributed by atoms with Crippen LogP contribution in [0.5, 0.6) is 0 Å². The Morgan fingerprint density at radius 3 is 2.29 bits per heavy atom. The highest BCUT2D eigenvalue weighted by atomic mass is 16.7. The summed E-state index contributed by atoms with van der Waals surface area (Å²) in [6, 6.07) is 4.26. The lowest BCUT2D eigenvalue weighted by atomic mass is 9.77. The zero-order valence-electron chi connectivity index (χ0n) is 27.0. The van der Waals surface area contributed by atoms with Crippen molar-refractivity contribution in [2.24, 2.45) is 0 Å². The Kier molecular flexibility index (Phi) is 12.0. The molecule has 1 aromatic heterocycles. The summed E-state index contributed by atoms with van der Waals surface area (Å²) in [5, 5.41) is 4.40. The van der Waals surface area contributed by atoms with E-state index in [0.29, 0.717) is 19.0 Å². The fraction of sp³-hybridized carbons (Fsp3) is 0.594. The van der Waals surface area contributed by atoms with E-state index in [1.165, 1.54) is 0 Å². The highest BCUT2D eigenvalue weighted by molar-refractivity contribution is 6.62. The molecule has 9 heteroatoms. The average Bonchev–Trinajstić information content (AvgIpc) is 3.10. The number of amides is 1.